The lowest BCUT2D eigenvalue weighted by Gasteiger charge is -2.37. The highest BCUT2D eigenvalue weighted by atomic mass is 32.2. The standard InChI is InChI=1S/C13H17NOS/c1-13(2,14(3)4)11-9-7-5-6-8-10(9)12(15)16-11/h5-8,11H,1-4H3. The van der Waals surface area contributed by atoms with E-state index in [9.17, 15) is 4.79 Å². The van der Waals surface area contributed by atoms with Crippen molar-refractivity contribution < 1.29 is 4.79 Å². The van der Waals surface area contributed by atoms with Crippen LogP contribution in [-0.4, -0.2) is 29.6 Å². The largest absolute Gasteiger partial charge is 0.303 e. The average molecular weight is 235 g/mol. The first-order chi connectivity index (χ1) is 7.44. The molecule has 0 bridgehead atoms. The number of benzene rings is 1. The topological polar surface area (TPSA) is 20.3 Å². The van der Waals surface area contributed by atoms with Crippen molar-refractivity contribution in [3.63, 3.8) is 0 Å². The van der Waals surface area contributed by atoms with Gasteiger partial charge in [-0.1, -0.05) is 36.0 Å². The molecule has 0 amide bonds. The zero-order valence-electron chi connectivity index (χ0n) is 10.2. The smallest absolute Gasteiger partial charge is 0.220 e. The number of rotatable bonds is 2. The Labute approximate surface area is 101 Å². The van der Waals surface area contributed by atoms with Crippen LogP contribution in [0.1, 0.15) is 35.0 Å². The maximum atomic E-state index is 11.9. The van der Waals surface area contributed by atoms with Gasteiger partial charge in [0.2, 0.25) is 5.12 Å². The second-order valence-corrected chi connectivity index (χ2v) is 6.00. The van der Waals surface area contributed by atoms with Crippen molar-refractivity contribution >= 4 is 16.9 Å². The van der Waals surface area contributed by atoms with Gasteiger partial charge in [0, 0.05) is 11.1 Å². The van der Waals surface area contributed by atoms with Crippen LogP contribution >= 0.6 is 11.8 Å². The van der Waals surface area contributed by atoms with Gasteiger partial charge in [0.25, 0.3) is 0 Å². The summed E-state index contributed by atoms with van der Waals surface area (Å²) >= 11 is 1.45. The van der Waals surface area contributed by atoms with Crippen molar-refractivity contribution in [2.75, 3.05) is 14.1 Å². The van der Waals surface area contributed by atoms with Crippen molar-refractivity contribution in [2.45, 2.75) is 24.6 Å². The summed E-state index contributed by atoms with van der Waals surface area (Å²) in [4.78, 5) is 14.1. The molecule has 1 aromatic carbocycles. The van der Waals surface area contributed by atoms with Gasteiger partial charge in [-0.3, -0.25) is 4.79 Å². The summed E-state index contributed by atoms with van der Waals surface area (Å²) in [5.41, 5.74) is 2.04. The number of nitrogens with zero attached hydrogens (tertiary/aromatic N) is 1. The van der Waals surface area contributed by atoms with Crippen molar-refractivity contribution in [1.29, 1.82) is 0 Å². The lowest BCUT2D eigenvalue weighted by Crippen LogP contribution is -2.42. The minimum absolute atomic E-state index is 0.0209. The van der Waals surface area contributed by atoms with Gasteiger partial charge in [0.05, 0.1) is 5.25 Å². The maximum absolute atomic E-state index is 11.9. The first kappa shape index (κ1) is 11.7. The van der Waals surface area contributed by atoms with Crippen LogP contribution in [-0.2, 0) is 0 Å². The van der Waals surface area contributed by atoms with E-state index in [4.69, 9.17) is 0 Å². The van der Waals surface area contributed by atoms with Gasteiger partial charge < -0.3 is 4.90 Å². The van der Waals surface area contributed by atoms with Gasteiger partial charge in [-0.15, -0.1) is 0 Å². The summed E-state index contributed by atoms with van der Waals surface area (Å²) in [5, 5.41) is 0.432. The zero-order chi connectivity index (χ0) is 11.9. The van der Waals surface area contributed by atoms with Crippen molar-refractivity contribution in [3.05, 3.63) is 35.4 Å². The van der Waals surface area contributed by atoms with Crippen molar-refractivity contribution in [2.24, 2.45) is 0 Å². The quantitative estimate of drug-likeness (QED) is 0.786. The lowest BCUT2D eigenvalue weighted by molar-refractivity contribution is 0.109. The SMILES string of the molecule is CN(C)C(C)(C)C1SC(=O)c2ccccc21. The molecule has 1 unspecified atom stereocenters. The van der Waals surface area contributed by atoms with Crippen LogP contribution < -0.4 is 0 Å². The van der Waals surface area contributed by atoms with Crippen LogP contribution in [0.5, 0.6) is 0 Å². The third kappa shape index (κ3) is 1.68. The molecule has 86 valence electrons. The monoisotopic (exact) mass is 235 g/mol. The fraction of sp³-hybridized carbons (Fsp3) is 0.462. The van der Waals surface area contributed by atoms with Crippen molar-refractivity contribution in [1.82, 2.24) is 4.90 Å². The molecule has 3 heteroatoms. The normalized spacial score (nSPS) is 20.3. The predicted octanol–water partition coefficient (Wildman–Crippen LogP) is 2.95. The number of carbonyl (C=O) groups is 1. The van der Waals surface area contributed by atoms with Gasteiger partial charge in [0.1, 0.15) is 0 Å². The number of likely N-dealkylation sites (N-methyl/N-ethyl adjacent to an activating group) is 1. The van der Waals surface area contributed by atoms with E-state index in [0.717, 1.165) is 5.56 Å². The average Bonchev–Trinajstić information content (AvgIpc) is 2.57. The molecule has 1 aromatic rings. The van der Waals surface area contributed by atoms with E-state index in [1.807, 2.05) is 18.2 Å². The van der Waals surface area contributed by atoms with Gasteiger partial charge in [0.15, 0.2) is 0 Å². The van der Waals surface area contributed by atoms with Gasteiger partial charge in [-0.25, -0.2) is 0 Å². The molecule has 0 N–H and O–H groups in total. The Morgan fingerprint density at radius 2 is 1.88 bits per heavy atom. The van der Waals surface area contributed by atoms with Gasteiger partial charge in [-0.2, -0.15) is 0 Å². The van der Waals surface area contributed by atoms with E-state index in [2.05, 4.69) is 38.9 Å². The molecule has 0 saturated carbocycles. The molecule has 0 radical (unpaired) electrons. The van der Waals surface area contributed by atoms with Crippen LogP contribution in [0.4, 0.5) is 0 Å². The van der Waals surface area contributed by atoms with E-state index in [1.54, 1.807) is 0 Å². The molecule has 0 aliphatic carbocycles. The minimum Gasteiger partial charge on any atom is -0.303 e. The summed E-state index contributed by atoms with van der Waals surface area (Å²) in [6.45, 7) is 4.36. The molecule has 1 atom stereocenters. The lowest BCUT2D eigenvalue weighted by atomic mass is 9.91. The second-order valence-electron chi connectivity index (χ2n) is 4.92. The number of hydrogen-bond donors (Lipinski definition) is 0. The van der Waals surface area contributed by atoms with Crippen LogP contribution in [0.25, 0.3) is 0 Å². The van der Waals surface area contributed by atoms with Crippen LogP contribution in [0, 0.1) is 0 Å². The second kappa shape index (κ2) is 3.90. The summed E-state index contributed by atoms with van der Waals surface area (Å²) in [6, 6.07) is 7.94. The number of carbonyl (C=O) groups excluding carboxylic acids is 1. The summed E-state index contributed by atoms with van der Waals surface area (Å²) in [5.74, 6) is 0. The molecule has 16 heavy (non-hydrogen) atoms. The van der Waals surface area contributed by atoms with Gasteiger partial charge >= 0.3 is 0 Å². The highest BCUT2D eigenvalue weighted by Crippen LogP contribution is 2.48. The number of fused-ring (bicyclic) bond motifs is 1. The Balaban J connectivity index is 2.45. The minimum atomic E-state index is -0.0209. The molecule has 1 heterocycles. The number of hydrogen-bond acceptors (Lipinski definition) is 3. The summed E-state index contributed by atoms with van der Waals surface area (Å²) < 4.78 is 0. The summed E-state index contributed by atoms with van der Waals surface area (Å²) in [7, 11) is 4.12. The molecule has 0 fully saturated rings. The molecule has 0 aromatic heterocycles. The first-order valence-electron chi connectivity index (χ1n) is 5.42. The highest BCUT2D eigenvalue weighted by molar-refractivity contribution is 8.14. The molecule has 2 rings (SSSR count). The van der Waals surface area contributed by atoms with E-state index < -0.39 is 0 Å². The van der Waals surface area contributed by atoms with Crippen molar-refractivity contribution in [3.8, 4) is 0 Å². The fourth-order valence-corrected chi connectivity index (χ4v) is 3.26. The van der Waals surface area contributed by atoms with E-state index >= 15 is 0 Å². The van der Waals surface area contributed by atoms with E-state index in [0.29, 0.717) is 0 Å². The molecule has 1 aliphatic heterocycles. The third-order valence-corrected chi connectivity index (χ3v) is 4.98. The Bertz CT molecular complexity index is 426. The molecular formula is C13H17NOS. The first-order valence-corrected chi connectivity index (χ1v) is 6.30. The Hall–Kier alpha value is -0.800. The molecular weight excluding hydrogens is 218 g/mol. The Morgan fingerprint density at radius 1 is 1.25 bits per heavy atom. The highest BCUT2D eigenvalue weighted by Gasteiger charge is 2.41. The Morgan fingerprint density at radius 3 is 2.50 bits per heavy atom. The van der Waals surface area contributed by atoms with E-state index in [-0.39, 0.29) is 15.9 Å². The zero-order valence-corrected chi connectivity index (χ0v) is 11.0. The molecule has 1 aliphatic rings. The van der Waals surface area contributed by atoms with Crippen LogP contribution in [0.15, 0.2) is 24.3 Å². The Kier molecular flexibility index (Phi) is 2.84. The molecule has 0 saturated heterocycles. The van der Waals surface area contributed by atoms with Crippen LogP contribution in [0.3, 0.4) is 0 Å². The van der Waals surface area contributed by atoms with Gasteiger partial charge in [-0.05, 0) is 33.5 Å². The third-order valence-electron chi connectivity index (χ3n) is 3.48. The molecule has 2 nitrogen and oxygen atoms in total. The molecule has 0 spiro atoms. The number of thioether (sulfide) groups is 1. The van der Waals surface area contributed by atoms with E-state index in [1.165, 1.54) is 17.3 Å². The predicted molar refractivity (Wildman–Crippen MR) is 68.9 cm³/mol. The fourth-order valence-electron chi connectivity index (χ4n) is 1.90. The maximum Gasteiger partial charge on any atom is 0.220 e. The summed E-state index contributed by atoms with van der Waals surface area (Å²) in [6.07, 6.45) is 0. The van der Waals surface area contributed by atoms with Crippen LogP contribution in [0.2, 0.25) is 0 Å².